The van der Waals surface area contributed by atoms with Gasteiger partial charge in [-0.3, -0.25) is 4.90 Å². The SMILES string of the molecule is CN(Cc1ccsc1)Cc1ccccc1CCN. The Kier molecular flexibility index (Phi) is 4.93. The molecule has 0 aliphatic rings. The Morgan fingerprint density at radius 2 is 1.89 bits per heavy atom. The lowest BCUT2D eigenvalue weighted by molar-refractivity contribution is 0.318. The number of nitrogens with zero attached hydrogens (tertiary/aromatic N) is 1. The van der Waals surface area contributed by atoms with Gasteiger partial charge in [-0.05, 0) is 53.5 Å². The summed E-state index contributed by atoms with van der Waals surface area (Å²) in [6, 6.07) is 10.8. The van der Waals surface area contributed by atoms with Crippen LogP contribution in [-0.4, -0.2) is 18.5 Å². The number of rotatable bonds is 6. The largest absolute Gasteiger partial charge is 0.330 e. The number of hydrogen-bond acceptors (Lipinski definition) is 3. The second-order valence-electron chi connectivity index (χ2n) is 4.61. The van der Waals surface area contributed by atoms with Gasteiger partial charge < -0.3 is 5.73 Å². The Balaban J connectivity index is 2.00. The second-order valence-corrected chi connectivity index (χ2v) is 5.39. The molecule has 0 saturated heterocycles. The van der Waals surface area contributed by atoms with Crippen LogP contribution in [0, 0.1) is 0 Å². The van der Waals surface area contributed by atoms with E-state index in [4.69, 9.17) is 5.73 Å². The van der Waals surface area contributed by atoms with Gasteiger partial charge in [0.1, 0.15) is 0 Å². The molecule has 2 N–H and O–H groups in total. The molecule has 0 amide bonds. The maximum Gasteiger partial charge on any atom is 0.0242 e. The van der Waals surface area contributed by atoms with Gasteiger partial charge in [-0.15, -0.1) is 0 Å². The topological polar surface area (TPSA) is 29.3 Å². The number of hydrogen-bond donors (Lipinski definition) is 1. The summed E-state index contributed by atoms with van der Waals surface area (Å²) in [6.45, 7) is 2.69. The lowest BCUT2D eigenvalue weighted by Crippen LogP contribution is -2.18. The molecular weight excluding hydrogens is 240 g/mol. The van der Waals surface area contributed by atoms with E-state index in [2.05, 4.69) is 53.0 Å². The normalized spacial score (nSPS) is 11.1. The van der Waals surface area contributed by atoms with Crippen LogP contribution in [0.1, 0.15) is 16.7 Å². The first kappa shape index (κ1) is 13.3. The summed E-state index contributed by atoms with van der Waals surface area (Å²) >= 11 is 1.76. The van der Waals surface area contributed by atoms with Crippen LogP contribution < -0.4 is 5.73 Å². The molecule has 0 unspecified atom stereocenters. The van der Waals surface area contributed by atoms with E-state index >= 15 is 0 Å². The van der Waals surface area contributed by atoms with Crippen molar-refractivity contribution in [1.82, 2.24) is 4.90 Å². The highest BCUT2D eigenvalue weighted by Crippen LogP contribution is 2.14. The molecule has 0 spiro atoms. The molecule has 2 aromatic rings. The average molecular weight is 260 g/mol. The summed E-state index contributed by atoms with van der Waals surface area (Å²) in [5.41, 5.74) is 9.81. The molecule has 0 saturated carbocycles. The van der Waals surface area contributed by atoms with E-state index in [9.17, 15) is 0 Å². The van der Waals surface area contributed by atoms with E-state index in [-0.39, 0.29) is 0 Å². The van der Waals surface area contributed by atoms with Gasteiger partial charge in [0.2, 0.25) is 0 Å². The Morgan fingerprint density at radius 3 is 2.56 bits per heavy atom. The van der Waals surface area contributed by atoms with Gasteiger partial charge in [0.15, 0.2) is 0 Å². The Hall–Kier alpha value is -1.16. The van der Waals surface area contributed by atoms with E-state index in [0.717, 1.165) is 19.5 Å². The van der Waals surface area contributed by atoms with Crippen LogP contribution in [0.4, 0.5) is 0 Å². The first-order valence-electron chi connectivity index (χ1n) is 6.26. The van der Waals surface area contributed by atoms with Crippen molar-refractivity contribution in [3.8, 4) is 0 Å². The predicted octanol–water partition coefficient (Wildman–Crippen LogP) is 2.88. The van der Waals surface area contributed by atoms with Crippen LogP contribution >= 0.6 is 11.3 Å². The lowest BCUT2D eigenvalue weighted by Gasteiger charge is -2.18. The molecule has 1 heterocycles. The first-order valence-corrected chi connectivity index (χ1v) is 7.20. The van der Waals surface area contributed by atoms with E-state index in [1.807, 2.05) is 0 Å². The standard InChI is InChI=1S/C15H20N2S/c1-17(10-13-7-9-18-12-13)11-15-5-3-2-4-14(15)6-8-16/h2-5,7,9,12H,6,8,10-11,16H2,1H3. The van der Waals surface area contributed by atoms with Crippen molar-refractivity contribution in [1.29, 1.82) is 0 Å². The van der Waals surface area contributed by atoms with Gasteiger partial charge in [-0.1, -0.05) is 24.3 Å². The van der Waals surface area contributed by atoms with Crippen LogP contribution in [0.2, 0.25) is 0 Å². The molecule has 0 fully saturated rings. The molecule has 0 radical (unpaired) electrons. The fraction of sp³-hybridized carbons (Fsp3) is 0.333. The summed E-state index contributed by atoms with van der Waals surface area (Å²) in [7, 11) is 2.16. The van der Waals surface area contributed by atoms with Crippen LogP contribution in [0.25, 0.3) is 0 Å². The molecule has 0 atom stereocenters. The molecule has 2 nitrogen and oxygen atoms in total. The third-order valence-corrected chi connectivity index (χ3v) is 3.74. The summed E-state index contributed by atoms with van der Waals surface area (Å²) in [4.78, 5) is 2.34. The molecule has 3 heteroatoms. The van der Waals surface area contributed by atoms with E-state index in [1.165, 1.54) is 16.7 Å². The smallest absolute Gasteiger partial charge is 0.0242 e. The maximum atomic E-state index is 5.66. The van der Waals surface area contributed by atoms with Crippen LogP contribution in [0.3, 0.4) is 0 Å². The summed E-state index contributed by atoms with van der Waals surface area (Å²) in [6.07, 6.45) is 0.961. The minimum Gasteiger partial charge on any atom is -0.330 e. The molecule has 1 aromatic carbocycles. The van der Waals surface area contributed by atoms with Crippen molar-refractivity contribution < 1.29 is 0 Å². The van der Waals surface area contributed by atoms with Crippen LogP contribution in [0.5, 0.6) is 0 Å². The summed E-state index contributed by atoms with van der Waals surface area (Å²) in [5, 5.41) is 4.34. The fourth-order valence-electron chi connectivity index (χ4n) is 2.15. The zero-order valence-corrected chi connectivity index (χ0v) is 11.6. The number of nitrogens with two attached hydrogens (primary N) is 1. The molecule has 0 aliphatic carbocycles. The highest BCUT2D eigenvalue weighted by Gasteiger charge is 2.05. The van der Waals surface area contributed by atoms with E-state index < -0.39 is 0 Å². The van der Waals surface area contributed by atoms with Gasteiger partial charge in [0.05, 0.1) is 0 Å². The van der Waals surface area contributed by atoms with Gasteiger partial charge >= 0.3 is 0 Å². The monoisotopic (exact) mass is 260 g/mol. The van der Waals surface area contributed by atoms with Crippen LogP contribution in [-0.2, 0) is 19.5 Å². The third-order valence-electron chi connectivity index (χ3n) is 3.00. The molecule has 0 aliphatic heterocycles. The highest BCUT2D eigenvalue weighted by molar-refractivity contribution is 7.07. The van der Waals surface area contributed by atoms with Crippen molar-refractivity contribution in [2.45, 2.75) is 19.5 Å². The minimum absolute atomic E-state index is 0.714. The summed E-state index contributed by atoms with van der Waals surface area (Å²) < 4.78 is 0. The first-order chi connectivity index (χ1) is 8.79. The van der Waals surface area contributed by atoms with E-state index in [0.29, 0.717) is 6.54 Å². The molecule has 2 rings (SSSR count). The third kappa shape index (κ3) is 3.67. The Labute approximate surface area is 113 Å². The van der Waals surface area contributed by atoms with Gasteiger partial charge in [0, 0.05) is 13.1 Å². The predicted molar refractivity (Wildman–Crippen MR) is 78.7 cm³/mol. The quantitative estimate of drug-likeness (QED) is 0.865. The number of thiophene rings is 1. The molecule has 18 heavy (non-hydrogen) atoms. The molecular formula is C15H20N2S. The summed E-state index contributed by atoms with van der Waals surface area (Å²) in [5.74, 6) is 0. The van der Waals surface area contributed by atoms with Crippen molar-refractivity contribution in [3.05, 3.63) is 57.8 Å². The molecule has 1 aromatic heterocycles. The lowest BCUT2D eigenvalue weighted by atomic mass is 10.0. The van der Waals surface area contributed by atoms with Gasteiger partial charge in [0.25, 0.3) is 0 Å². The van der Waals surface area contributed by atoms with Gasteiger partial charge in [-0.2, -0.15) is 11.3 Å². The zero-order valence-electron chi connectivity index (χ0n) is 10.8. The Bertz CT molecular complexity index is 465. The van der Waals surface area contributed by atoms with Crippen molar-refractivity contribution in [2.24, 2.45) is 5.73 Å². The van der Waals surface area contributed by atoms with Crippen LogP contribution in [0.15, 0.2) is 41.1 Å². The maximum absolute atomic E-state index is 5.66. The van der Waals surface area contributed by atoms with E-state index in [1.54, 1.807) is 11.3 Å². The fourth-order valence-corrected chi connectivity index (χ4v) is 2.81. The Morgan fingerprint density at radius 1 is 1.11 bits per heavy atom. The van der Waals surface area contributed by atoms with Crippen molar-refractivity contribution in [3.63, 3.8) is 0 Å². The highest BCUT2D eigenvalue weighted by atomic mass is 32.1. The van der Waals surface area contributed by atoms with Gasteiger partial charge in [-0.25, -0.2) is 0 Å². The average Bonchev–Trinajstić information content (AvgIpc) is 2.84. The second kappa shape index (κ2) is 6.69. The molecule has 96 valence electrons. The molecule has 0 bridgehead atoms. The zero-order chi connectivity index (χ0) is 12.8. The minimum atomic E-state index is 0.714. The van der Waals surface area contributed by atoms with Crippen molar-refractivity contribution in [2.75, 3.05) is 13.6 Å². The number of benzene rings is 1. The van der Waals surface area contributed by atoms with Crippen molar-refractivity contribution >= 4 is 11.3 Å².